The quantitative estimate of drug-likeness (QED) is 0.909. The number of piperidine rings is 1. The number of rotatable bonds is 2. The molecule has 2 fully saturated rings. The van der Waals surface area contributed by atoms with E-state index in [0.29, 0.717) is 11.5 Å². The van der Waals surface area contributed by atoms with E-state index < -0.39 is 12.5 Å². The fourth-order valence-corrected chi connectivity index (χ4v) is 3.26. The molecule has 1 aromatic rings. The molecule has 0 aromatic heterocycles. The van der Waals surface area contributed by atoms with Crippen LogP contribution >= 0.6 is 0 Å². The molecule has 0 spiro atoms. The fraction of sp³-hybridized carbons (Fsp3) is 0.562. The molecule has 2 saturated heterocycles. The average molecular weight is 294 g/mol. The van der Waals surface area contributed by atoms with Gasteiger partial charge in [0.05, 0.1) is 6.54 Å². The van der Waals surface area contributed by atoms with Gasteiger partial charge in [-0.15, -0.1) is 0 Å². The monoisotopic (exact) mass is 294 g/mol. The van der Waals surface area contributed by atoms with Crippen LogP contribution in [0.5, 0.6) is 0 Å². The Morgan fingerprint density at radius 2 is 1.95 bits per heavy atom. The molecule has 2 aliphatic heterocycles. The first kappa shape index (κ1) is 14.4. The predicted molar refractivity (Wildman–Crippen MR) is 76.8 cm³/mol. The van der Waals surface area contributed by atoms with Crippen molar-refractivity contribution in [2.75, 3.05) is 26.2 Å². The number of likely N-dealkylation sites (tertiary alicyclic amines) is 1. The second-order valence-corrected chi connectivity index (χ2v) is 5.94. The van der Waals surface area contributed by atoms with Crippen molar-refractivity contribution in [3.05, 3.63) is 35.4 Å². The molecule has 5 heteroatoms. The molecule has 1 aromatic carbocycles. The summed E-state index contributed by atoms with van der Waals surface area (Å²) in [7, 11) is 0. The minimum absolute atomic E-state index is 0.145. The van der Waals surface area contributed by atoms with Crippen LogP contribution in [0.4, 0.5) is 8.78 Å². The Morgan fingerprint density at radius 3 is 2.62 bits per heavy atom. The number of amides is 1. The topological polar surface area (TPSA) is 32.3 Å². The summed E-state index contributed by atoms with van der Waals surface area (Å²) in [5.41, 5.74) is 1.61. The Balaban J connectivity index is 1.83. The molecule has 0 radical (unpaired) electrons. The number of benzene rings is 1. The standard InChI is InChI=1S/C16H20F2N2O/c17-16(18)7-10-20(11-16)15(21)14-4-2-1-3-13(14)12-5-8-19-9-6-12/h1-4,12,19H,5-11H2. The van der Waals surface area contributed by atoms with E-state index in [1.807, 2.05) is 18.2 Å². The average Bonchev–Trinajstić information content (AvgIpc) is 2.87. The van der Waals surface area contributed by atoms with Crippen LogP contribution in [-0.4, -0.2) is 42.9 Å². The van der Waals surface area contributed by atoms with Crippen molar-refractivity contribution in [1.82, 2.24) is 10.2 Å². The Morgan fingerprint density at radius 1 is 1.24 bits per heavy atom. The van der Waals surface area contributed by atoms with Crippen LogP contribution in [0.1, 0.15) is 41.1 Å². The van der Waals surface area contributed by atoms with Gasteiger partial charge < -0.3 is 10.2 Å². The number of nitrogens with zero attached hydrogens (tertiary/aromatic N) is 1. The van der Waals surface area contributed by atoms with E-state index in [9.17, 15) is 13.6 Å². The molecule has 2 heterocycles. The number of carbonyl (C=O) groups is 1. The molecule has 21 heavy (non-hydrogen) atoms. The summed E-state index contributed by atoms with van der Waals surface area (Å²) in [5.74, 6) is -2.64. The molecule has 3 nitrogen and oxygen atoms in total. The van der Waals surface area contributed by atoms with E-state index in [-0.39, 0.29) is 18.9 Å². The number of nitrogens with one attached hydrogen (secondary N) is 1. The summed E-state index contributed by atoms with van der Waals surface area (Å²) in [6, 6.07) is 7.48. The van der Waals surface area contributed by atoms with E-state index in [4.69, 9.17) is 0 Å². The molecule has 0 aliphatic carbocycles. The lowest BCUT2D eigenvalue weighted by atomic mass is 9.87. The lowest BCUT2D eigenvalue weighted by Crippen LogP contribution is -2.33. The fourth-order valence-electron chi connectivity index (χ4n) is 3.26. The third-order valence-corrected chi connectivity index (χ3v) is 4.43. The first-order chi connectivity index (χ1) is 10.1. The van der Waals surface area contributed by atoms with Crippen molar-refractivity contribution >= 4 is 5.91 Å². The van der Waals surface area contributed by atoms with Crippen LogP contribution < -0.4 is 5.32 Å². The third kappa shape index (κ3) is 3.07. The van der Waals surface area contributed by atoms with Crippen LogP contribution in [0.3, 0.4) is 0 Å². The zero-order valence-corrected chi connectivity index (χ0v) is 11.9. The maximum absolute atomic E-state index is 13.3. The maximum atomic E-state index is 13.3. The van der Waals surface area contributed by atoms with Gasteiger partial charge in [-0.3, -0.25) is 4.79 Å². The highest BCUT2D eigenvalue weighted by molar-refractivity contribution is 5.96. The number of carbonyl (C=O) groups excluding carboxylic acids is 1. The molecule has 3 rings (SSSR count). The van der Waals surface area contributed by atoms with E-state index in [2.05, 4.69) is 5.32 Å². The number of hydrogen-bond acceptors (Lipinski definition) is 2. The summed E-state index contributed by atoms with van der Waals surface area (Å²) in [4.78, 5) is 13.9. The van der Waals surface area contributed by atoms with Gasteiger partial charge in [-0.25, -0.2) is 8.78 Å². The maximum Gasteiger partial charge on any atom is 0.267 e. The van der Waals surface area contributed by atoms with Gasteiger partial charge in [-0.05, 0) is 43.5 Å². The predicted octanol–water partition coefficient (Wildman–Crippen LogP) is 2.63. The summed E-state index contributed by atoms with van der Waals surface area (Å²) in [5, 5.41) is 3.30. The van der Waals surface area contributed by atoms with Crippen LogP contribution in [0.15, 0.2) is 24.3 Å². The molecular weight excluding hydrogens is 274 g/mol. The lowest BCUT2D eigenvalue weighted by Gasteiger charge is -2.26. The molecule has 2 aliphatic rings. The molecule has 0 bridgehead atoms. The van der Waals surface area contributed by atoms with E-state index in [1.54, 1.807) is 6.07 Å². The molecule has 114 valence electrons. The van der Waals surface area contributed by atoms with E-state index >= 15 is 0 Å². The van der Waals surface area contributed by atoms with Crippen LogP contribution in [0.25, 0.3) is 0 Å². The lowest BCUT2D eigenvalue weighted by molar-refractivity contribution is 0.0120. The van der Waals surface area contributed by atoms with Gasteiger partial charge >= 0.3 is 0 Å². The minimum atomic E-state index is -2.74. The highest BCUT2D eigenvalue weighted by Gasteiger charge is 2.41. The number of alkyl halides is 2. The largest absolute Gasteiger partial charge is 0.332 e. The smallest absolute Gasteiger partial charge is 0.267 e. The van der Waals surface area contributed by atoms with Gasteiger partial charge in [-0.2, -0.15) is 0 Å². The second kappa shape index (κ2) is 5.72. The Kier molecular flexibility index (Phi) is 3.93. The number of halogens is 2. The van der Waals surface area contributed by atoms with Gasteiger partial charge in [0.2, 0.25) is 0 Å². The van der Waals surface area contributed by atoms with Crippen LogP contribution in [0, 0.1) is 0 Å². The first-order valence-electron chi connectivity index (χ1n) is 7.53. The summed E-state index contributed by atoms with van der Waals surface area (Å²) >= 11 is 0. The normalized spacial score (nSPS) is 22.5. The van der Waals surface area contributed by atoms with E-state index in [0.717, 1.165) is 31.5 Å². The minimum Gasteiger partial charge on any atom is -0.332 e. The van der Waals surface area contributed by atoms with Crippen molar-refractivity contribution in [2.45, 2.75) is 31.1 Å². The van der Waals surface area contributed by atoms with Gasteiger partial charge in [0.25, 0.3) is 11.8 Å². The summed E-state index contributed by atoms with van der Waals surface area (Å²) < 4.78 is 26.6. The Labute approximate surface area is 123 Å². The van der Waals surface area contributed by atoms with Crippen molar-refractivity contribution in [3.63, 3.8) is 0 Å². The molecule has 0 saturated carbocycles. The van der Waals surface area contributed by atoms with Crippen LogP contribution in [0.2, 0.25) is 0 Å². The van der Waals surface area contributed by atoms with E-state index in [1.165, 1.54) is 4.90 Å². The molecule has 1 N–H and O–H groups in total. The van der Waals surface area contributed by atoms with Crippen molar-refractivity contribution in [2.24, 2.45) is 0 Å². The zero-order valence-electron chi connectivity index (χ0n) is 11.9. The van der Waals surface area contributed by atoms with Gasteiger partial charge in [-0.1, -0.05) is 18.2 Å². The molecule has 1 amide bonds. The second-order valence-electron chi connectivity index (χ2n) is 5.94. The van der Waals surface area contributed by atoms with Crippen molar-refractivity contribution in [1.29, 1.82) is 0 Å². The zero-order chi connectivity index (χ0) is 14.9. The van der Waals surface area contributed by atoms with Gasteiger partial charge in [0.1, 0.15) is 0 Å². The number of hydrogen-bond donors (Lipinski definition) is 1. The Bertz CT molecular complexity index is 527. The summed E-state index contributed by atoms with van der Waals surface area (Å²) in [6.45, 7) is 1.57. The van der Waals surface area contributed by atoms with Crippen molar-refractivity contribution in [3.8, 4) is 0 Å². The van der Waals surface area contributed by atoms with Crippen LogP contribution in [-0.2, 0) is 0 Å². The van der Waals surface area contributed by atoms with Crippen molar-refractivity contribution < 1.29 is 13.6 Å². The molecule has 0 unspecified atom stereocenters. The highest BCUT2D eigenvalue weighted by atomic mass is 19.3. The SMILES string of the molecule is O=C(c1ccccc1C1CCNCC1)N1CCC(F)(F)C1. The molecule has 0 atom stereocenters. The first-order valence-corrected chi connectivity index (χ1v) is 7.53. The summed E-state index contributed by atoms with van der Waals surface area (Å²) in [6.07, 6.45) is 1.75. The Hall–Kier alpha value is -1.49. The molecular formula is C16H20F2N2O. The van der Waals surface area contributed by atoms with Gasteiger partial charge in [0.15, 0.2) is 0 Å². The van der Waals surface area contributed by atoms with Gasteiger partial charge in [0, 0.05) is 18.5 Å². The third-order valence-electron chi connectivity index (χ3n) is 4.43. The highest BCUT2D eigenvalue weighted by Crippen LogP contribution is 2.32.